The Morgan fingerprint density at radius 3 is 2.77 bits per heavy atom. The highest BCUT2D eigenvalue weighted by Crippen LogP contribution is 2.23. The van der Waals surface area contributed by atoms with Crippen LogP contribution in [0.25, 0.3) is 0 Å². The zero-order valence-corrected chi connectivity index (χ0v) is 9.21. The summed E-state index contributed by atoms with van der Waals surface area (Å²) in [6, 6.07) is 1.80. The summed E-state index contributed by atoms with van der Waals surface area (Å²) < 4.78 is 6.18. The SMILES string of the molecule is CC(C)Oc1ncc(CO)cc1Br. The van der Waals surface area contributed by atoms with Crippen LogP contribution in [-0.4, -0.2) is 16.2 Å². The van der Waals surface area contributed by atoms with Crippen molar-refractivity contribution in [2.24, 2.45) is 0 Å². The van der Waals surface area contributed by atoms with Crippen molar-refractivity contribution in [1.82, 2.24) is 4.98 Å². The number of ether oxygens (including phenoxy) is 1. The second kappa shape index (κ2) is 4.58. The molecule has 72 valence electrons. The Labute approximate surface area is 85.9 Å². The molecule has 0 radical (unpaired) electrons. The van der Waals surface area contributed by atoms with Crippen molar-refractivity contribution in [3.05, 3.63) is 22.3 Å². The molecule has 0 aliphatic heterocycles. The number of hydrogen-bond donors (Lipinski definition) is 1. The molecule has 0 fully saturated rings. The van der Waals surface area contributed by atoms with Crippen molar-refractivity contribution in [3.8, 4) is 5.88 Å². The summed E-state index contributed by atoms with van der Waals surface area (Å²) in [4.78, 5) is 4.06. The van der Waals surface area contributed by atoms with Gasteiger partial charge in [0, 0.05) is 6.20 Å². The van der Waals surface area contributed by atoms with E-state index in [4.69, 9.17) is 9.84 Å². The fourth-order valence-electron chi connectivity index (χ4n) is 0.861. The number of nitrogens with zero attached hydrogens (tertiary/aromatic N) is 1. The number of rotatable bonds is 3. The fourth-order valence-corrected chi connectivity index (χ4v) is 1.35. The van der Waals surface area contributed by atoms with Crippen LogP contribution in [0.2, 0.25) is 0 Å². The van der Waals surface area contributed by atoms with Crippen molar-refractivity contribution in [2.75, 3.05) is 0 Å². The number of pyridine rings is 1. The average Bonchev–Trinajstić information content (AvgIpc) is 2.08. The molecule has 1 aromatic heterocycles. The van der Waals surface area contributed by atoms with Gasteiger partial charge >= 0.3 is 0 Å². The van der Waals surface area contributed by atoms with Crippen molar-refractivity contribution in [1.29, 1.82) is 0 Å². The van der Waals surface area contributed by atoms with Crippen LogP contribution >= 0.6 is 15.9 Å². The van der Waals surface area contributed by atoms with Crippen LogP contribution < -0.4 is 4.74 Å². The smallest absolute Gasteiger partial charge is 0.228 e. The molecule has 0 aromatic carbocycles. The topological polar surface area (TPSA) is 42.4 Å². The maximum Gasteiger partial charge on any atom is 0.228 e. The standard InChI is InChI=1S/C9H12BrNO2/c1-6(2)13-9-8(10)3-7(5-12)4-11-9/h3-4,6,12H,5H2,1-2H3. The molecule has 13 heavy (non-hydrogen) atoms. The van der Waals surface area contributed by atoms with Gasteiger partial charge in [0.25, 0.3) is 0 Å². The lowest BCUT2D eigenvalue weighted by Gasteiger charge is -2.10. The first-order chi connectivity index (χ1) is 6.13. The predicted molar refractivity (Wildman–Crippen MR) is 53.6 cm³/mol. The molecule has 0 saturated heterocycles. The largest absolute Gasteiger partial charge is 0.474 e. The minimum absolute atomic E-state index is 0.00639. The molecule has 0 bridgehead atoms. The van der Waals surface area contributed by atoms with Crippen LogP contribution in [0, 0.1) is 0 Å². The monoisotopic (exact) mass is 245 g/mol. The van der Waals surface area contributed by atoms with E-state index in [-0.39, 0.29) is 12.7 Å². The first-order valence-electron chi connectivity index (χ1n) is 4.05. The summed E-state index contributed by atoms with van der Waals surface area (Å²) in [6.07, 6.45) is 1.70. The zero-order chi connectivity index (χ0) is 9.84. The van der Waals surface area contributed by atoms with Gasteiger partial charge in [-0.15, -0.1) is 0 Å². The summed E-state index contributed by atoms with van der Waals surface area (Å²) in [7, 11) is 0. The maximum atomic E-state index is 8.83. The van der Waals surface area contributed by atoms with Crippen LogP contribution in [-0.2, 0) is 6.61 Å². The van der Waals surface area contributed by atoms with Crippen LogP contribution in [0.15, 0.2) is 16.7 Å². The van der Waals surface area contributed by atoms with Crippen LogP contribution in [0.4, 0.5) is 0 Å². The average molecular weight is 246 g/mol. The third-order valence-electron chi connectivity index (χ3n) is 1.39. The Morgan fingerprint density at radius 2 is 2.31 bits per heavy atom. The molecule has 3 nitrogen and oxygen atoms in total. The number of aliphatic hydroxyl groups is 1. The molecular weight excluding hydrogens is 234 g/mol. The van der Waals surface area contributed by atoms with Gasteiger partial charge in [-0.2, -0.15) is 0 Å². The quantitative estimate of drug-likeness (QED) is 0.888. The third-order valence-corrected chi connectivity index (χ3v) is 1.96. The summed E-state index contributed by atoms with van der Waals surface area (Å²) in [5.74, 6) is 0.562. The van der Waals surface area contributed by atoms with Gasteiger partial charge in [0.1, 0.15) is 0 Å². The highest BCUT2D eigenvalue weighted by molar-refractivity contribution is 9.10. The van der Waals surface area contributed by atoms with Crippen LogP contribution in [0.3, 0.4) is 0 Å². The summed E-state index contributed by atoms with van der Waals surface area (Å²) in [6.45, 7) is 3.87. The summed E-state index contributed by atoms with van der Waals surface area (Å²) >= 11 is 3.32. The molecule has 0 atom stereocenters. The predicted octanol–water partition coefficient (Wildman–Crippen LogP) is 2.12. The van der Waals surface area contributed by atoms with Crippen molar-refractivity contribution in [3.63, 3.8) is 0 Å². The van der Waals surface area contributed by atoms with Gasteiger partial charge in [0.2, 0.25) is 5.88 Å². The number of aliphatic hydroxyl groups excluding tert-OH is 1. The van der Waals surface area contributed by atoms with Crippen LogP contribution in [0.5, 0.6) is 5.88 Å². The zero-order valence-electron chi connectivity index (χ0n) is 7.62. The lowest BCUT2D eigenvalue weighted by atomic mass is 10.3. The van der Waals surface area contributed by atoms with E-state index in [2.05, 4.69) is 20.9 Å². The maximum absolute atomic E-state index is 8.83. The molecule has 0 unspecified atom stereocenters. The second-order valence-corrected chi connectivity index (χ2v) is 3.81. The first kappa shape index (κ1) is 10.5. The minimum Gasteiger partial charge on any atom is -0.474 e. The molecule has 1 N–H and O–H groups in total. The van der Waals surface area contributed by atoms with E-state index in [0.717, 1.165) is 10.0 Å². The van der Waals surface area contributed by atoms with Gasteiger partial charge in [0.05, 0.1) is 17.2 Å². The van der Waals surface area contributed by atoms with Gasteiger partial charge in [-0.3, -0.25) is 0 Å². The van der Waals surface area contributed by atoms with E-state index < -0.39 is 0 Å². The van der Waals surface area contributed by atoms with Gasteiger partial charge < -0.3 is 9.84 Å². The lowest BCUT2D eigenvalue weighted by molar-refractivity contribution is 0.230. The Hall–Kier alpha value is -0.610. The number of hydrogen-bond acceptors (Lipinski definition) is 3. The van der Waals surface area contributed by atoms with Gasteiger partial charge in [-0.05, 0) is 41.4 Å². The van der Waals surface area contributed by atoms with Crippen molar-refractivity contribution < 1.29 is 9.84 Å². The molecule has 4 heteroatoms. The van der Waals surface area contributed by atoms with Crippen molar-refractivity contribution >= 4 is 15.9 Å². The van der Waals surface area contributed by atoms with Gasteiger partial charge in [-0.1, -0.05) is 0 Å². The van der Waals surface area contributed by atoms with Gasteiger partial charge in [-0.25, -0.2) is 4.98 Å². The van der Waals surface area contributed by atoms with Gasteiger partial charge in [0.15, 0.2) is 0 Å². The molecule has 1 rings (SSSR count). The van der Waals surface area contributed by atoms with E-state index in [1.54, 1.807) is 12.3 Å². The van der Waals surface area contributed by atoms with E-state index in [1.807, 2.05) is 13.8 Å². The molecule has 0 saturated carbocycles. The highest BCUT2D eigenvalue weighted by atomic mass is 79.9. The summed E-state index contributed by atoms with van der Waals surface area (Å²) in [5.41, 5.74) is 0.767. The number of halogens is 1. The molecular formula is C9H12BrNO2. The molecule has 1 aromatic rings. The molecule has 0 spiro atoms. The highest BCUT2D eigenvalue weighted by Gasteiger charge is 2.05. The van der Waals surface area contributed by atoms with E-state index in [9.17, 15) is 0 Å². The van der Waals surface area contributed by atoms with Crippen molar-refractivity contribution in [2.45, 2.75) is 26.6 Å². The van der Waals surface area contributed by atoms with E-state index >= 15 is 0 Å². The normalized spacial score (nSPS) is 10.5. The Balaban J connectivity index is 2.85. The minimum atomic E-state index is -0.00639. The number of aromatic nitrogens is 1. The van der Waals surface area contributed by atoms with Crippen LogP contribution in [0.1, 0.15) is 19.4 Å². The first-order valence-corrected chi connectivity index (χ1v) is 4.84. The third kappa shape index (κ3) is 2.97. The van der Waals surface area contributed by atoms with E-state index in [0.29, 0.717) is 5.88 Å². The Morgan fingerprint density at radius 1 is 1.62 bits per heavy atom. The Kier molecular flexibility index (Phi) is 3.69. The molecule has 0 amide bonds. The second-order valence-electron chi connectivity index (χ2n) is 2.96. The van der Waals surface area contributed by atoms with E-state index in [1.165, 1.54) is 0 Å². The molecule has 0 aliphatic rings. The Bertz CT molecular complexity index is 289. The lowest BCUT2D eigenvalue weighted by Crippen LogP contribution is -2.07. The fraction of sp³-hybridized carbons (Fsp3) is 0.444. The molecule has 0 aliphatic carbocycles. The molecule has 1 heterocycles. The summed E-state index contributed by atoms with van der Waals surface area (Å²) in [5, 5.41) is 8.83.